The highest BCUT2D eigenvalue weighted by Gasteiger charge is 2.15. The van der Waals surface area contributed by atoms with Crippen LogP contribution in [0.15, 0.2) is 45.7 Å². The van der Waals surface area contributed by atoms with Crippen molar-refractivity contribution < 1.29 is 9.21 Å². The molecule has 1 amide bonds. The Balaban J connectivity index is 2.06. The largest absolute Gasteiger partial charge is 0.454 e. The molecule has 2 rings (SSSR count). The van der Waals surface area contributed by atoms with Crippen LogP contribution < -0.4 is 10.9 Å². The Bertz CT molecular complexity index is 670. The summed E-state index contributed by atoms with van der Waals surface area (Å²) in [5.41, 5.74) is -0.103. The lowest BCUT2D eigenvalue weighted by Crippen LogP contribution is -2.35. The summed E-state index contributed by atoms with van der Waals surface area (Å²) < 4.78 is 7.04. The van der Waals surface area contributed by atoms with E-state index in [1.807, 2.05) is 20.8 Å². The minimum Gasteiger partial charge on any atom is -0.454 e. The van der Waals surface area contributed by atoms with Crippen molar-refractivity contribution in [2.24, 2.45) is 5.92 Å². The summed E-state index contributed by atoms with van der Waals surface area (Å²) in [6.07, 6.45) is 1.69. The van der Waals surface area contributed by atoms with Gasteiger partial charge in [-0.2, -0.15) is 0 Å². The van der Waals surface area contributed by atoms with E-state index in [-0.39, 0.29) is 23.3 Å². The van der Waals surface area contributed by atoms with Crippen LogP contribution in [0.5, 0.6) is 0 Å². The summed E-state index contributed by atoms with van der Waals surface area (Å²) in [6.45, 7) is 6.35. The number of nitrogens with one attached hydrogen (secondary N) is 1. The molecule has 0 radical (unpaired) electrons. The number of rotatable bonds is 5. The Morgan fingerprint density at radius 2 is 2.00 bits per heavy atom. The van der Waals surface area contributed by atoms with Crippen LogP contribution >= 0.6 is 0 Å². The molecule has 0 aliphatic heterocycles. The first-order chi connectivity index (χ1) is 9.97. The summed E-state index contributed by atoms with van der Waals surface area (Å²) in [4.78, 5) is 23.6. The zero-order valence-electron chi connectivity index (χ0n) is 12.5. The fourth-order valence-corrected chi connectivity index (χ4v) is 1.79. The fourth-order valence-electron chi connectivity index (χ4n) is 1.79. The van der Waals surface area contributed by atoms with Gasteiger partial charge in [-0.05, 0) is 31.0 Å². The van der Waals surface area contributed by atoms with Gasteiger partial charge in [0.05, 0.1) is 6.54 Å². The SMILES string of the molecule is CC(C)[C@H](C)NC(=O)c1ccc(Cn2ccccc2=O)o1. The van der Waals surface area contributed by atoms with E-state index in [1.54, 1.807) is 30.5 Å². The fraction of sp³-hybridized carbons (Fsp3) is 0.375. The predicted molar refractivity (Wildman–Crippen MR) is 80.3 cm³/mol. The van der Waals surface area contributed by atoms with Crippen LogP contribution in [0, 0.1) is 5.92 Å². The molecule has 112 valence electrons. The van der Waals surface area contributed by atoms with E-state index < -0.39 is 0 Å². The van der Waals surface area contributed by atoms with Crippen molar-refractivity contribution in [3.63, 3.8) is 0 Å². The summed E-state index contributed by atoms with van der Waals surface area (Å²) in [5, 5.41) is 2.88. The molecular weight excluding hydrogens is 268 g/mol. The molecule has 21 heavy (non-hydrogen) atoms. The summed E-state index contributed by atoms with van der Waals surface area (Å²) in [7, 11) is 0. The number of amides is 1. The summed E-state index contributed by atoms with van der Waals surface area (Å²) in [6, 6.07) is 8.37. The molecule has 0 saturated heterocycles. The zero-order chi connectivity index (χ0) is 15.4. The number of hydrogen-bond donors (Lipinski definition) is 1. The van der Waals surface area contributed by atoms with Gasteiger partial charge in [-0.25, -0.2) is 0 Å². The van der Waals surface area contributed by atoms with Gasteiger partial charge in [0, 0.05) is 18.3 Å². The normalized spacial score (nSPS) is 12.4. The Morgan fingerprint density at radius 1 is 1.24 bits per heavy atom. The maximum atomic E-state index is 12.0. The standard InChI is InChI=1S/C16H20N2O3/c1-11(2)12(3)17-16(20)14-8-7-13(21-14)10-18-9-5-4-6-15(18)19/h4-9,11-12H,10H2,1-3H3,(H,17,20)/t12-/m0/s1. The molecule has 2 aromatic rings. The minimum absolute atomic E-state index is 0.0720. The lowest BCUT2D eigenvalue weighted by atomic mass is 10.1. The summed E-state index contributed by atoms with van der Waals surface area (Å²) in [5.74, 6) is 0.960. The Hall–Kier alpha value is -2.30. The van der Waals surface area contributed by atoms with Gasteiger partial charge in [0.2, 0.25) is 0 Å². The first-order valence-electron chi connectivity index (χ1n) is 7.02. The van der Waals surface area contributed by atoms with Crippen LogP contribution in [0.2, 0.25) is 0 Å². The van der Waals surface area contributed by atoms with Crippen molar-refractivity contribution >= 4 is 5.91 Å². The summed E-state index contributed by atoms with van der Waals surface area (Å²) >= 11 is 0. The van der Waals surface area contributed by atoms with E-state index in [1.165, 1.54) is 10.6 Å². The third-order valence-electron chi connectivity index (χ3n) is 3.47. The number of nitrogens with zero attached hydrogens (tertiary/aromatic N) is 1. The number of carbonyl (C=O) groups excluding carboxylic acids is 1. The molecule has 1 atom stereocenters. The maximum Gasteiger partial charge on any atom is 0.287 e. The topological polar surface area (TPSA) is 64.2 Å². The molecule has 0 aliphatic rings. The average molecular weight is 288 g/mol. The molecule has 2 aromatic heterocycles. The van der Waals surface area contributed by atoms with E-state index in [9.17, 15) is 9.59 Å². The van der Waals surface area contributed by atoms with Crippen LogP contribution in [-0.4, -0.2) is 16.5 Å². The maximum absolute atomic E-state index is 12.0. The second-order valence-electron chi connectivity index (χ2n) is 5.44. The van der Waals surface area contributed by atoms with Gasteiger partial charge >= 0.3 is 0 Å². The monoisotopic (exact) mass is 288 g/mol. The van der Waals surface area contributed by atoms with Crippen molar-refractivity contribution in [3.05, 3.63) is 58.4 Å². The molecule has 1 N–H and O–H groups in total. The van der Waals surface area contributed by atoms with E-state index in [2.05, 4.69) is 5.32 Å². The first kappa shape index (κ1) is 15.1. The molecule has 0 aromatic carbocycles. The first-order valence-corrected chi connectivity index (χ1v) is 7.02. The van der Waals surface area contributed by atoms with E-state index in [4.69, 9.17) is 4.42 Å². The van der Waals surface area contributed by atoms with Gasteiger partial charge in [-0.15, -0.1) is 0 Å². The van der Waals surface area contributed by atoms with Gasteiger partial charge in [0.1, 0.15) is 5.76 Å². The van der Waals surface area contributed by atoms with Gasteiger partial charge in [0.25, 0.3) is 11.5 Å². The Labute approximate surface area is 123 Å². The quantitative estimate of drug-likeness (QED) is 0.918. The average Bonchev–Trinajstić information content (AvgIpc) is 2.90. The van der Waals surface area contributed by atoms with Crippen molar-refractivity contribution in [1.29, 1.82) is 0 Å². The molecule has 5 nitrogen and oxygen atoms in total. The number of pyridine rings is 1. The molecule has 0 aliphatic carbocycles. The molecule has 0 bridgehead atoms. The Kier molecular flexibility index (Phi) is 4.62. The molecule has 5 heteroatoms. The molecule has 0 saturated carbocycles. The number of hydrogen-bond acceptors (Lipinski definition) is 3. The van der Waals surface area contributed by atoms with Crippen LogP contribution in [-0.2, 0) is 6.54 Å². The second-order valence-corrected chi connectivity index (χ2v) is 5.44. The van der Waals surface area contributed by atoms with Crippen LogP contribution in [0.4, 0.5) is 0 Å². The van der Waals surface area contributed by atoms with Gasteiger partial charge < -0.3 is 14.3 Å². The third kappa shape index (κ3) is 3.84. The number of furan rings is 1. The molecule has 2 heterocycles. The minimum atomic E-state index is -0.233. The van der Waals surface area contributed by atoms with E-state index in [0.717, 1.165) is 0 Å². The lowest BCUT2D eigenvalue weighted by Gasteiger charge is -2.16. The smallest absolute Gasteiger partial charge is 0.287 e. The van der Waals surface area contributed by atoms with Crippen LogP contribution in [0.3, 0.4) is 0 Å². The zero-order valence-corrected chi connectivity index (χ0v) is 12.5. The molecular formula is C16H20N2O3. The van der Waals surface area contributed by atoms with E-state index in [0.29, 0.717) is 18.2 Å². The Morgan fingerprint density at radius 3 is 2.67 bits per heavy atom. The number of carbonyl (C=O) groups is 1. The van der Waals surface area contributed by atoms with E-state index >= 15 is 0 Å². The van der Waals surface area contributed by atoms with Crippen molar-refractivity contribution in [1.82, 2.24) is 9.88 Å². The van der Waals surface area contributed by atoms with Crippen molar-refractivity contribution in [3.8, 4) is 0 Å². The highest BCUT2D eigenvalue weighted by Crippen LogP contribution is 2.10. The predicted octanol–water partition coefficient (Wildman–Crippen LogP) is 2.26. The third-order valence-corrected chi connectivity index (χ3v) is 3.47. The highest BCUT2D eigenvalue weighted by atomic mass is 16.4. The molecule has 0 fully saturated rings. The highest BCUT2D eigenvalue weighted by molar-refractivity contribution is 5.91. The van der Waals surface area contributed by atoms with Gasteiger partial charge in [-0.1, -0.05) is 19.9 Å². The van der Waals surface area contributed by atoms with Crippen LogP contribution in [0.1, 0.15) is 37.1 Å². The van der Waals surface area contributed by atoms with Gasteiger partial charge in [0.15, 0.2) is 5.76 Å². The van der Waals surface area contributed by atoms with Crippen molar-refractivity contribution in [2.45, 2.75) is 33.4 Å². The second kappa shape index (κ2) is 6.43. The number of aromatic nitrogens is 1. The molecule has 0 unspecified atom stereocenters. The van der Waals surface area contributed by atoms with Gasteiger partial charge in [-0.3, -0.25) is 9.59 Å². The lowest BCUT2D eigenvalue weighted by molar-refractivity contribution is 0.0900. The molecule has 0 spiro atoms. The van der Waals surface area contributed by atoms with Crippen LogP contribution in [0.25, 0.3) is 0 Å². The van der Waals surface area contributed by atoms with Crippen molar-refractivity contribution in [2.75, 3.05) is 0 Å².